The summed E-state index contributed by atoms with van der Waals surface area (Å²) in [5, 5.41) is 22.0. The number of carbonyl (C=O) groups is 1. The standard InChI is InChI=1S/C10H14N2O3/c13-9-5-8(10(14)15)11-12(9)6-7-3-1-2-4-7/h5,7,13H,1-4,6H2,(H,14,15). The van der Waals surface area contributed by atoms with E-state index in [4.69, 9.17) is 5.11 Å². The van der Waals surface area contributed by atoms with E-state index in [1.54, 1.807) is 0 Å². The molecule has 5 nitrogen and oxygen atoms in total. The van der Waals surface area contributed by atoms with Crippen LogP contribution in [0.25, 0.3) is 0 Å². The minimum Gasteiger partial charge on any atom is -0.493 e. The summed E-state index contributed by atoms with van der Waals surface area (Å²) in [5.74, 6) is -0.632. The zero-order chi connectivity index (χ0) is 10.8. The summed E-state index contributed by atoms with van der Waals surface area (Å²) in [4.78, 5) is 10.6. The molecule has 0 bridgehead atoms. The van der Waals surface area contributed by atoms with E-state index in [2.05, 4.69) is 5.10 Å². The monoisotopic (exact) mass is 210 g/mol. The number of rotatable bonds is 3. The van der Waals surface area contributed by atoms with Gasteiger partial charge in [-0.15, -0.1) is 0 Å². The van der Waals surface area contributed by atoms with Crippen LogP contribution in [0, 0.1) is 5.92 Å². The van der Waals surface area contributed by atoms with Crippen molar-refractivity contribution in [3.63, 3.8) is 0 Å². The summed E-state index contributed by atoms with van der Waals surface area (Å²) in [6, 6.07) is 1.19. The fourth-order valence-electron chi connectivity index (χ4n) is 2.08. The number of hydrogen-bond donors (Lipinski definition) is 2. The second kappa shape index (κ2) is 3.92. The third kappa shape index (κ3) is 2.11. The van der Waals surface area contributed by atoms with E-state index in [-0.39, 0.29) is 11.6 Å². The van der Waals surface area contributed by atoms with E-state index < -0.39 is 5.97 Å². The van der Waals surface area contributed by atoms with Crippen LogP contribution >= 0.6 is 0 Å². The minimum absolute atomic E-state index is 0.0562. The summed E-state index contributed by atoms with van der Waals surface area (Å²) >= 11 is 0. The molecule has 0 aromatic carbocycles. The van der Waals surface area contributed by atoms with Gasteiger partial charge < -0.3 is 10.2 Å². The summed E-state index contributed by atoms with van der Waals surface area (Å²) in [6.45, 7) is 0.624. The van der Waals surface area contributed by atoms with E-state index in [1.807, 2.05) is 0 Å². The topological polar surface area (TPSA) is 75.3 Å². The molecule has 2 rings (SSSR count). The van der Waals surface area contributed by atoms with Gasteiger partial charge in [-0.05, 0) is 18.8 Å². The third-order valence-electron chi connectivity index (χ3n) is 2.88. The van der Waals surface area contributed by atoms with Gasteiger partial charge in [0.25, 0.3) is 0 Å². The Bertz CT molecular complexity index is 367. The van der Waals surface area contributed by atoms with E-state index in [9.17, 15) is 9.90 Å². The normalized spacial score (nSPS) is 17.1. The molecule has 82 valence electrons. The molecule has 1 aromatic heterocycles. The molecule has 0 spiro atoms. The van der Waals surface area contributed by atoms with Crippen molar-refractivity contribution in [1.29, 1.82) is 0 Å². The second-order valence-electron chi connectivity index (χ2n) is 4.03. The molecule has 5 heteroatoms. The molecule has 2 N–H and O–H groups in total. The highest BCUT2D eigenvalue weighted by Gasteiger charge is 2.19. The molecule has 0 saturated heterocycles. The Morgan fingerprint density at radius 3 is 2.73 bits per heavy atom. The van der Waals surface area contributed by atoms with Crippen LogP contribution in [-0.2, 0) is 6.54 Å². The van der Waals surface area contributed by atoms with Gasteiger partial charge in [-0.2, -0.15) is 5.10 Å². The molecule has 1 aliphatic carbocycles. The SMILES string of the molecule is O=C(O)c1cc(O)n(CC2CCCC2)n1. The number of hydrogen-bond acceptors (Lipinski definition) is 3. The van der Waals surface area contributed by atoms with Gasteiger partial charge in [-0.3, -0.25) is 0 Å². The van der Waals surface area contributed by atoms with Crippen LogP contribution in [0.2, 0.25) is 0 Å². The summed E-state index contributed by atoms with van der Waals surface area (Å²) in [5.41, 5.74) is -0.0921. The molecule has 1 saturated carbocycles. The van der Waals surface area contributed by atoms with E-state index in [1.165, 1.54) is 23.6 Å². The van der Waals surface area contributed by atoms with Gasteiger partial charge in [0.2, 0.25) is 5.88 Å². The van der Waals surface area contributed by atoms with Crippen molar-refractivity contribution < 1.29 is 15.0 Å². The van der Waals surface area contributed by atoms with Crippen molar-refractivity contribution in [3.8, 4) is 5.88 Å². The van der Waals surface area contributed by atoms with Gasteiger partial charge in [0.05, 0.1) is 0 Å². The number of aromatic nitrogens is 2. The number of nitrogens with zero attached hydrogens (tertiary/aromatic N) is 2. The Kier molecular flexibility index (Phi) is 2.62. The molecule has 1 heterocycles. The highest BCUT2D eigenvalue weighted by Crippen LogP contribution is 2.27. The maximum Gasteiger partial charge on any atom is 0.356 e. The van der Waals surface area contributed by atoms with Gasteiger partial charge >= 0.3 is 5.97 Å². The number of carboxylic acid groups (broad SMARTS) is 1. The first-order valence-corrected chi connectivity index (χ1v) is 5.17. The molecular weight excluding hydrogens is 196 g/mol. The van der Waals surface area contributed by atoms with Crippen LogP contribution in [0.15, 0.2) is 6.07 Å². The first kappa shape index (κ1) is 10.0. The lowest BCUT2D eigenvalue weighted by Gasteiger charge is -2.08. The van der Waals surface area contributed by atoms with E-state index in [0.717, 1.165) is 12.8 Å². The van der Waals surface area contributed by atoms with Gasteiger partial charge in [0, 0.05) is 12.6 Å². The molecular formula is C10H14N2O3. The average molecular weight is 210 g/mol. The van der Waals surface area contributed by atoms with Crippen LogP contribution in [0.1, 0.15) is 36.2 Å². The number of aromatic hydroxyl groups is 1. The van der Waals surface area contributed by atoms with Gasteiger partial charge in [-0.1, -0.05) is 12.8 Å². The smallest absolute Gasteiger partial charge is 0.356 e. The largest absolute Gasteiger partial charge is 0.493 e. The molecule has 1 aliphatic rings. The molecule has 0 unspecified atom stereocenters. The summed E-state index contributed by atoms with van der Waals surface area (Å²) in [7, 11) is 0. The quantitative estimate of drug-likeness (QED) is 0.792. The fourth-order valence-corrected chi connectivity index (χ4v) is 2.08. The van der Waals surface area contributed by atoms with Gasteiger partial charge in [-0.25, -0.2) is 9.48 Å². The van der Waals surface area contributed by atoms with Crippen molar-refractivity contribution in [2.24, 2.45) is 5.92 Å². The average Bonchev–Trinajstić information content (AvgIpc) is 2.77. The van der Waals surface area contributed by atoms with Crippen LogP contribution in [-0.4, -0.2) is 26.0 Å². The lowest BCUT2D eigenvalue weighted by atomic mass is 10.1. The first-order valence-electron chi connectivity index (χ1n) is 5.17. The zero-order valence-corrected chi connectivity index (χ0v) is 8.39. The van der Waals surface area contributed by atoms with E-state index in [0.29, 0.717) is 12.5 Å². The van der Waals surface area contributed by atoms with Crippen molar-refractivity contribution in [2.45, 2.75) is 32.2 Å². The predicted molar refractivity (Wildman–Crippen MR) is 52.8 cm³/mol. The van der Waals surface area contributed by atoms with Crippen molar-refractivity contribution in [2.75, 3.05) is 0 Å². The van der Waals surface area contributed by atoms with Crippen molar-refractivity contribution in [3.05, 3.63) is 11.8 Å². The van der Waals surface area contributed by atoms with Crippen LogP contribution in [0.3, 0.4) is 0 Å². The molecule has 0 amide bonds. The summed E-state index contributed by atoms with van der Waals surface area (Å²) < 4.78 is 1.39. The van der Waals surface area contributed by atoms with Crippen LogP contribution in [0.5, 0.6) is 5.88 Å². The Morgan fingerprint density at radius 2 is 2.20 bits per heavy atom. The van der Waals surface area contributed by atoms with Crippen molar-refractivity contribution >= 4 is 5.97 Å². The molecule has 0 atom stereocenters. The zero-order valence-electron chi connectivity index (χ0n) is 8.39. The highest BCUT2D eigenvalue weighted by atomic mass is 16.4. The Balaban J connectivity index is 2.10. The molecule has 0 radical (unpaired) electrons. The van der Waals surface area contributed by atoms with Crippen LogP contribution < -0.4 is 0 Å². The Labute approximate surface area is 87.3 Å². The number of aromatic carboxylic acids is 1. The maximum atomic E-state index is 10.6. The first-order chi connectivity index (χ1) is 7.16. The minimum atomic E-state index is -1.10. The molecule has 0 aliphatic heterocycles. The van der Waals surface area contributed by atoms with Crippen molar-refractivity contribution in [1.82, 2.24) is 9.78 Å². The Morgan fingerprint density at radius 1 is 1.53 bits per heavy atom. The number of carboxylic acids is 1. The van der Waals surface area contributed by atoms with Gasteiger partial charge in [0.1, 0.15) is 0 Å². The van der Waals surface area contributed by atoms with Gasteiger partial charge in [0.15, 0.2) is 5.69 Å². The molecule has 1 aromatic rings. The lowest BCUT2D eigenvalue weighted by molar-refractivity contribution is 0.0689. The Hall–Kier alpha value is -1.52. The molecule has 15 heavy (non-hydrogen) atoms. The van der Waals surface area contributed by atoms with E-state index >= 15 is 0 Å². The third-order valence-corrected chi connectivity index (χ3v) is 2.88. The predicted octanol–water partition coefficient (Wildman–Crippen LogP) is 1.48. The van der Waals surface area contributed by atoms with Crippen LogP contribution in [0.4, 0.5) is 0 Å². The lowest BCUT2D eigenvalue weighted by Crippen LogP contribution is -2.09. The second-order valence-corrected chi connectivity index (χ2v) is 4.03. The highest BCUT2D eigenvalue weighted by molar-refractivity contribution is 5.85. The fraction of sp³-hybridized carbons (Fsp3) is 0.600. The maximum absolute atomic E-state index is 10.6. The molecule has 1 fully saturated rings. The summed E-state index contributed by atoms with van der Waals surface area (Å²) in [6.07, 6.45) is 4.72.